The van der Waals surface area contributed by atoms with Crippen LogP contribution in [0.4, 0.5) is 0 Å². The molecule has 0 aliphatic carbocycles. The van der Waals surface area contributed by atoms with Crippen LogP contribution < -0.4 is 0 Å². The van der Waals surface area contributed by atoms with Gasteiger partial charge >= 0.3 is 0 Å². The van der Waals surface area contributed by atoms with Gasteiger partial charge in [-0.1, -0.05) is 6.07 Å². The Balaban J connectivity index is 1.59. The number of H-pyrrole nitrogens is 1. The summed E-state index contributed by atoms with van der Waals surface area (Å²) in [7, 11) is 1.75. The number of rotatable bonds is 5. The lowest BCUT2D eigenvalue weighted by Crippen LogP contribution is -2.34. The topological polar surface area (TPSA) is 82.2 Å². The van der Waals surface area contributed by atoms with Gasteiger partial charge in [0.25, 0.3) is 0 Å². The zero-order valence-corrected chi connectivity index (χ0v) is 13.0. The van der Waals surface area contributed by atoms with Gasteiger partial charge in [0.1, 0.15) is 0 Å². The Labute approximate surface area is 134 Å². The molecule has 1 N–H and O–H groups in total. The van der Waals surface area contributed by atoms with Crippen molar-refractivity contribution in [1.29, 1.82) is 0 Å². The molecule has 7 nitrogen and oxygen atoms in total. The molecule has 1 fully saturated rings. The van der Waals surface area contributed by atoms with Crippen LogP contribution in [0, 0.1) is 5.92 Å². The maximum absolute atomic E-state index is 12.5. The summed E-state index contributed by atoms with van der Waals surface area (Å²) in [6, 6.07) is 7.44. The molecule has 1 saturated heterocycles. The molecule has 0 spiro atoms. The normalized spacial score (nSPS) is 17.5. The summed E-state index contributed by atoms with van der Waals surface area (Å²) in [5.41, 5.74) is 1.70. The van der Waals surface area contributed by atoms with E-state index in [1.165, 1.54) is 0 Å². The van der Waals surface area contributed by atoms with Crippen LogP contribution >= 0.6 is 0 Å². The van der Waals surface area contributed by atoms with Gasteiger partial charge in [0.15, 0.2) is 0 Å². The maximum Gasteiger partial charge on any atom is 0.228 e. The standard InChI is InChI=1S/C16H19N5O2/c1-20(10-14-5-7-18-19-14)16(23)12-8-15(22)21(9-12)11-13-4-2-3-6-17-13/h2-7,12H,8-11H2,1H3,(H,18,19)/t12-/m0/s1. The summed E-state index contributed by atoms with van der Waals surface area (Å²) in [5, 5.41) is 6.71. The van der Waals surface area contributed by atoms with E-state index in [0.717, 1.165) is 11.4 Å². The van der Waals surface area contributed by atoms with Crippen molar-refractivity contribution in [2.45, 2.75) is 19.5 Å². The number of carbonyl (C=O) groups excluding carboxylic acids is 2. The summed E-state index contributed by atoms with van der Waals surface area (Å²) < 4.78 is 0. The minimum atomic E-state index is -0.292. The number of amides is 2. The van der Waals surface area contributed by atoms with Gasteiger partial charge in [-0.15, -0.1) is 0 Å². The number of pyridine rings is 1. The average Bonchev–Trinajstić information content (AvgIpc) is 3.18. The van der Waals surface area contributed by atoms with Gasteiger partial charge in [-0.2, -0.15) is 5.10 Å². The van der Waals surface area contributed by atoms with Gasteiger partial charge in [-0.3, -0.25) is 19.7 Å². The van der Waals surface area contributed by atoms with E-state index in [9.17, 15) is 9.59 Å². The number of carbonyl (C=O) groups is 2. The summed E-state index contributed by atoms with van der Waals surface area (Å²) in [6.07, 6.45) is 3.62. The molecule has 2 aromatic heterocycles. The molecular formula is C16H19N5O2. The highest BCUT2D eigenvalue weighted by atomic mass is 16.2. The van der Waals surface area contributed by atoms with Crippen LogP contribution in [0.3, 0.4) is 0 Å². The lowest BCUT2D eigenvalue weighted by Gasteiger charge is -2.20. The number of hydrogen-bond acceptors (Lipinski definition) is 4. The van der Waals surface area contributed by atoms with Gasteiger partial charge in [-0.25, -0.2) is 0 Å². The van der Waals surface area contributed by atoms with Crippen molar-refractivity contribution >= 4 is 11.8 Å². The molecule has 0 aromatic carbocycles. The molecule has 3 heterocycles. The van der Waals surface area contributed by atoms with E-state index in [0.29, 0.717) is 19.6 Å². The van der Waals surface area contributed by atoms with E-state index < -0.39 is 0 Å². The summed E-state index contributed by atoms with van der Waals surface area (Å²) in [5.74, 6) is -0.306. The molecule has 120 valence electrons. The quantitative estimate of drug-likeness (QED) is 0.885. The molecule has 2 amide bonds. The second-order valence-corrected chi connectivity index (χ2v) is 5.77. The highest BCUT2D eigenvalue weighted by molar-refractivity contribution is 5.89. The van der Waals surface area contributed by atoms with Crippen molar-refractivity contribution < 1.29 is 9.59 Å². The fourth-order valence-electron chi connectivity index (χ4n) is 2.80. The maximum atomic E-state index is 12.5. The van der Waals surface area contributed by atoms with E-state index in [4.69, 9.17) is 0 Å². The number of nitrogens with zero attached hydrogens (tertiary/aromatic N) is 4. The van der Waals surface area contributed by atoms with Crippen LogP contribution in [0.2, 0.25) is 0 Å². The number of aromatic amines is 1. The molecule has 1 atom stereocenters. The van der Waals surface area contributed by atoms with E-state index in [1.807, 2.05) is 24.3 Å². The van der Waals surface area contributed by atoms with Crippen LogP contribution in [0.1, 0.15) is 17.8 Å². The second-order valence-electron chi connectivity index (χ2n) is 5.77. The van der Waals surface area contributed by atoms with Crippen molar-refractivity contribution in [1.82, 2.24) is 25.0 Å². The molecule has 0 unspecified atom stereocenters. The van der Waals surface area contributed by atoms with Crippen molar-refractivity contribution in [2.75, 3.05) is 13.6 Å². The van der Waals surface area contributed by atoms with E-state index in [1.54, 1.807) is 29.2 Å². The van der Waals surface area contributed by atoms with Crippen molar-refractivity contribution in [2.24, 2.45) is 5.92 Å². The Morgan fingerprint density at radius 2 is 2.26 bits per heavy atom. The predicted octanol–water partition coefficient (Wildman–Crippen LogP) is 0.812. The van der Waals surface area contributed by atoms with Gasteiger partial charge in [0.2, 0.25) is 11.8 Å². The monoisotopic (exact) mass is 313 g/mol. The fraction of sp³-hybridized carbons (Fsp3) is 0.375. The molecule has 1 aliphatic heterocycles. The third-order valence-corrected chi connectivity index (χ3v) is 3.98. The lowest BCUT2D eigenvalue weighted by molar-refractivity contribution is -0.135. The fourth-order valence-corrected chi connectivity index (χ4v) is 2.80. The van der Waals surface area contributed by atoms with E-state index in [-0.39, 0.29) is 24.2 Å². The van der Waals surface area contributed by atoms with Crippen molar-refractivity contribution in [3.05, 3.63) is 48.0 Å². The number of aromatic nitrogens is 3. The van der Waals surface area contributed by atoms with Crippen molar-refractivity contribution in [3.8, 4) is 0 Å². The summed E-state index contributed by atoms with van der Waals surface area (Å²) >= 11 is 0. The average molecular weight is 313 g/mol. The van der Waals surface area contributed by atoms with Gasteiger partial charge in [-0.05, 0) is 18.2 Å². The molecule has 23 heavy (non-hydrogen) atoms. The van der Waals surface area contributed by atoms with Crippen LogP contribution in [0.5, 0.6) is 0 Å². The zero-order chi connectivity index (χ0) is 16.2. The minimum absolute atomic E-state index is 0.00365. The third kappa shape index (κ3) is 3.56. The van der Waals surface area contributed by atoms with Crippen LogP contribution in [0.15, 0.2) is 36.7 Å². The van der Waals surface area contributed by atoms with Gasteiger partial charge in [0.05, 0.1) is 30.4 Å². The molecule has 7 heteroatoms. The first-order valence-electron chi connectivity index (χ1n) is 7.54. The number of likely N-dealkylation sites (tertiary alicyclic amines) is 1. The highest BCUT2D eigenvalue weighted by Gasteiger charge is 2.35. The van der Waals surface area contributed by atoms with Crippen LogP contribution in [0.25, 0.3) is 0 Å². The Hall–Kier alpha value is -2.70. The molecule has 1 aliphatic rings. The molecule has 0 bridgehead atoms. The SMILES string of the molecule is CN(Cc1ccn[nH]1)C(=O)[C@H]1CC(=O)N(Cc2ccccn2)C1. The van der Waals surface area contributed by atoms with E-state index in [2.05, 4.69) is 15.2 Å². The zero-order valence-electron chi connectivity index (χ0n) is 13.0. The van der Waals surface area contributed by atoms with Crippen molar-refractivity contribution in [3.63, 3.8) is 0 Å². The minimum Gasteiger partial charge on any atom is -0.340 e. The molecule has 0 radical (unpaired) electrons. The largest absolute Gasteiger partial charge is 0.340 e. The number of nitrogens with one attached hydrogen (secondary N) is 1. The second kappa shape index (κ2) is 6.60. The Morgan fingerprint density at radius 3 is 2.96 bits per heavy atom. The molecule has 0 saturated carbocycles. The Morgan fingerprint density at radius 1 is 1.39 bits per heavy atom. The smallest absolute Gasteiger partial charge is 0.228 e. The molecule has 3 rings (SSSR count). The van der Waals surface area contributed by atoms with Crippen LogP contribution in [-0.4, -0.2) is 50.4 Å². The molecular weight excluding hydrogens is 294 g/mol. The summed E-state index contributed by atoms with van der Waals surface area (Å²) in [6.45, 7) is 1.36. The molecule has 2 aromatic rings. The Bertz CT molecular complexity index is 671. The predicted molar refractivity (Wildman–Crippen MR) is 82.8 cm³/mol. The van der Waals surface area contributed by atoms with Crippen LogP contribution in [-0.2, 0) is 22.7 Å². The first-order valence-corrected chi connectivity index (χ1v) is 7.54. The summed E-state index contributed by atoms with van der Waals surface area (Å²) in [4.78, 5) is 32.2. The van der Waals surface area contributed by atoms with Gasteiger partial charge < -0.3 is 9.80 Å². The van der Waals surface area contributed by atoms with E-state index >= 15 is 0 Å². The first kappa shape index (κ1) is 15.2. The number of hydrogen-bond donors (Lipinski definition) is 1. The Kier molecular flexibility index (Phi) is 4.36. The van der Waals surface area contributed by atoms with Gasteiger partial charge in [0, 0.05) is 32.4 Å². The third-order valence-electron chi connectivity index (χ3n) is 3.98. The lowest BCUT2D eigenvalue weighted by atomic mass is 10.1. The highest BCUT2D eigenvalue weighted by Crippen LogP contribution is 2.22. The first-order chi connectivity index (χ1) is 11.1.